The lowest BCUT2D eigenvalue weighted by Gasteiger charge is -2.22. The van der Waals surface area contributed by atoms with Crippen LogP contribution in [0.15, 0.2) is 18.2 Å². The molecule has 0 radical (unpaired) electrons. The standard InChI is InChI=1S/C13H19FN2O2S/c1-9(13(2)6-7-13)15-10-4-5-11(14)12(8-10)16-19(3,17)18/h4-5,8-9,15-16H,6-7H2,1-3H3. The summed E-state index contributed by atoms with van der Waals surface area (Å²) in [5, 5.41) is 3.30. The molecule has 1 unspecified atom stereocenters. The van der Waals surface area contributed by atoms with Crippen molar-refractivity contribution in [3.63, 3.8) is 0 Å². The lowest BCUT2D eigenvalue weighted by Crippen LogP contribution is -2.25. The van der Waals surface area contributed by atoms with E-state index in [1.54, 1.807) is 6.07 Å². The number of sulfonamides is 1. The number of nitrogens with one attached hydrogen (secondary N) is 2. The van der Waals surface area contributed by atoms with Gasteiger partial charge in [-0.15, -0.1) is 0 Å². The van der Waals surface area contributed by atoms with Crippen molar-refractivity contribution in [2.45, 2.75) is 32.7 Å². The van der Waals surface area contributed by atoms with Gasteiger partial charge in [0.2, 0.25) is 10.0 Å². The third-order valence-electron chi connectivity index (χ3n) is 3.73. The summed E-state index contributed by atoms with van der Waals surface area (Å²) >= 11 is 0. The van der Waals surface area contributed by atoms with Crippen molar-refractivity contribution in [2.75, 3.05) is 16.3 Å². The molecular weight excluding hydrogens is 267 g/mol. The normalized spacial score (nSPS) is 18.7. The van der Waals surface area contributed by atoms with Gasteiger partial charge in [-0.3, -0.25) is 4.72 Å². The number of hydrogen-bond acceptors (Lipinski definition) is 3. The van der Waals surface area contributed by atoms with Crippen LogP contribution in [0.1, 0.15) is 26.7 Å². The van der Waals surface area contributed by atoms with Crippen LogP contribution in [0.25, 0.3) is 0 Å². The van der Waals surface area contributed by atoms with Gasteiger partial charge in [0.25, 0.3) is 0 Å². The minimum atomic E-state index is -3.48. The molecule has 0 bridgehead atoms. The predicted octanol–water partition coefficient (Wildman–Crippen LogP) is 2.80. The van der Waals surface area contributed by atoms with Crippen LogP contribution in [0.4, 0.5) is 15.8 Å². The van der Waals surface area contributed by atoms with Gasteiger partial charge in [0.15, 0.2) is 0 Å². The first kappa shape index (κ1) is 14.1. The molecule has 19 heavy (non-hydrogen) atoms. The summed E-state index contributed by atoms with van der Waals surface area (Å²) in [5.74, 6) is -0.582. The quantitative estimate of drug-likeness (QED) is 0.875. The van der Waals surface area contributed by atoms with Crippen LogP contribution in [0.5, 0.6) is 0 Å². The summed E-state index contributed by atoms with van der Waals surface area (Å²) in [7, 11) is -3.48. The van der Waals surface area contributed by atoms with E-state index in [9.17, 15) is 12.8 Å². The van der Waals surface area contributed by atoms with Crippen LogP contribution in [0.3, 0.4) is 0 Å². The monoisotopic (exact) mass is 286 g/mol. The van der Waals surface area contributed by atoms with Gasteiger partial charge in [0, 0.05) is 11.7 Å². The van der Waals surface area contributed by atoms with Crippen molar-refractivity contribution in [1.82, 2.24) is 0 Å². The van der Waals surface area contributed by atoms with Gasteiger partial charge in [-0.2, -0.15) is 0 Å². The summed E-state index contributed by atoms with van der Waals surface area (Å²) < 4.78 is 38.0. The molecule has 0 heterocycles. The molecule has 1 aliphatic rings. The molecule has 1 aromatic rings. The van der Waals surface area contributed by atoms with Gasteiger partial charge in [-0.1, -0.05) is 6.92 Å². The molecule has 0 saturated heterocycles. The Bertz CT molecular complexity index is 582. The van der Waals surface area contributed by atoms with Crippen molar-refractivity contribution < 1.29 is 12.8 Å². The predicted molar refractivity (Wildman–Crippen MR) is 75.3 cm³/mol. The summed E-state index contributed by atoms with van der Waals surface area (Å²) in [6.45, 7) is 4.28. The van der Waals surface area contributed by atoms with E-state index in [4.69, 9.17) is 0 Å². The molecule has 1 aliphatic carbocycles. The zero-order chi connectivity index (χ0) is 14.3. The van der Waals surface area contributed by atoms with Crippen LogP contribution < -0.4 is 10.0 Å². The third-order valence-corrected chi connectivity index (χ3v) is 4.32. The van der Waals surface area contributed by atoms with E-state index in [0.717, 1.165) is 6.26 Å². The number of anilines is 2. The zero-order valence-corrected chi connectivity index (χ0v) is 12.1. The minimum absolute atomic E-state index is 0.0272. The van der Waals surface area contributed by atoms with E-state index in [-0.39, 0.29) is 11.7 Å². The summed E-state index contributed by atoms with van der Waals surface area (Å²) in [6.07, 6.45) is 3.36. The summed E-state index contributed by atoms with van der Waals surface area (Å²) in [5.41, 5.74) is 0.979. The molecule has 0 aliphatic heterocycles. The molecule has 1 atom stereocenters. The minimum Gasteiger partial charge on any atom is -0.382 e. The lowest BCUT2D eigenvalue weighted by atomic mass is 10.0. The maximum absolute atomic E-state index is 13.5. The maximum Gasteiger partial charge on any atom is 0.229 e. The van der Waals surface area contributed by atoms with Crippen LogP contribution >= 0.6 is 0 Å². The Morgan fingerprint density at radius 3 is 2.53 bits per heavy atom. The molecular formula is C13H19FN2O2S. The molecule has 4 nitrogen and oxygen atoms in total. The second-order valence-corrected chi connectivity index (χ2v) is 7.34. The number of rotatable bonds is 5. The van der Waals surface area contributed by atoms with E-state index in [1.165, 1.54) is 25.0 Å². The maximum atomic E-state index is 13.5. The fourth-order valence-corrected chi connectivity index (χ4v) is 2.50. The Hall–Kier alpha value is -1.30. The summed E-state index contributed by atoms with van der Waals surface area (Å²) in [4.78, 5) is 0. The molecule has 2 N–H and O–H groups in total. The highest BCUT2D eigenvalue weighted by molar-refractivity contribution is 7.92. The van der Waals surface area contributed by atoms with Crippen LogP contribution in [0, 0.1) is 11.2 Å². The summed E-state index contributed by atoms with van der Waals surface area (Å²) in [6, 6.07) is 4.63. The zero-order valence-electron chi connectivity index (χ0n) is 11.3. The van der Waals surface area contributed by atoms with Crippen molar-refractivity contribution in [3.05, 3.63) is 24.0 Å². The highest BCUT2D eigenvalue weighted by Gasteiger charge is 2.42. The first-order chi connectivity index (χ1) is 8.70. The average molecular weight is 286 g/mol. The van der Waals surface area contributed by atoms with Gasteiger partial charge in [0.1, 0.15) is 5.82 Å². The Balaban J connectivity index is 2.16. The van der Waals surface area contributed by atoms with Crippen LogP contribution in [-0.4, -0.2) is 20.7 Å². The highest BCUT2D eigenvalue weighted by Crippen LogP contribution is 2.48. The number of benzene rings is 1. The number of halogens is 1. The molecule has 6 heteroatoms. The van der Waals surface area contributed by atoms with E-state index in [1.807, 2.05) is 0 Å². The molecule has 0 spiro atoms. The Morgan fingerprint density at radius 1 is 1.37 bits per heavy atom. The third kappa shape index (κ3) is 3.59. The topological polar surface area (TPSA) is 58.2 Å². The second kappa shape index (κ2) is 4.67. The molecule has 1 fully saturated rings. The largest absolute Gasteiger partial charge is 0.382 e. The van der Waals surface area contributed by atoms with Gasteiger partial charge >= 0.3 is 0 Å². The van der Waals surface area contributed by atoms with Gasteiger partial charge in [-0.05, 0) is 43.4 Å². The van der Waals surface area contributed by atoms with Crippen LogP contribution in [0.2, 0.25) is 0 Å². The fraction of sp³-hybridized carbons (Fsp3) is 0.538. The van der Waals surface area contributed by atoms with Crippen molar-refractivity contribution in [3.8, 4) is 0 Å². The molecule has 1 saturated carbocycles. The lowest BCUT2D eigenvalue weighted by molar-refractivity contribution is 0.493. The molecule has 1 aromatic carbocycles. The van der Waals surface area contributed by atoms with E-state index < -0.39 is 15.8 Å². The Kier molecular flexibility index (Phi) is 3.47. The second-order valence-electron chi connectivity index (χ2n) is 5.59. The Morgan fingerprint density at radius 2 is 2.00 bits per heavy atom. The van der Waals surface area contributed by atoms with Crippen LogP contribution in [-0.2, 0) is 10.0 Å². The first-order valence-electron chi connectivity index (χ1n) is 6.23. The van der Waals surface area contributed by atoms with Gasteiger partial charge < -0.3 is 5.32 Å². The molecule has 2 rings (SSSR count). The first-order valence-corrected chi connectivity index (χ1v) is 8.13. The molecule has 0 aromatic heterocycles. The van der Waals surface area contributed by atoms with Crippen molar-refractivity contribution in [1.29, 1.82) is 0 Å². The van der Waals surface area contributed by atoms with E-state index in [0.29, 0.717) is 11.1 Å². The van der Waals surface area contributed by atoms with Crippen molar-refractivity contribution in [2.24, 2.45) is 5.41 Å². The fourth-order valence-electron chi connectivity index (χ4n) is 1.95. The SMILES string of the molecule is CC(Nc1ccc(F)c(NS(C)(=O)=O)c1)C1(C)CC1. The van der Waals surface area contributed by atoms with Gasteiger partial charge in [0.05, 0.1) is 11.9 Å². The Labute approximate surface area is 113 Å². The number of hydrogen-bond donors (Lipinski definition) is 2. The van der Waals surface area contributed by atoms with E-state index in [2.05, 4.69) is 23.9 Å². The van der Waals surface area contributed by atoms with Crippen molar-refractivity contribution >= 4 is 21.4 Å². The average Bonchev–Trinajstić information content (AvgIpc) is 3.01. The molecule has 0 amide bonds. The van der Waals surface area contributed by atoms with E-state index >= 15 is 0 Å². The highest BCUT2D eigenvalue weighted by atomic mass is 32.2. The molecule has 106 valence electrons. The smallest absolute Gasteiger partial charge is 0.229 e. The van der Waals surface area contributed by atoms with Gasteiger partial charge in [-0.25, -0.2) is 12.8 Å².